The maximum Gasteiger partial charge on any atom is 0.248 e. The third-order valence-electron chi connectivity index (χ3n) is 3.41. The molecule has 0 aliphatic rings. The molecule has 0 spiro atoms. The standard InChI is InChI=1S/C21H16ClNO2/c22-17-13-10-16(11-14-17)12-15-21(24)23-19-8-4-5-9-20(19)25-18-6-2-1-3-7-18/h1-15H,(H,23,24)/b15-12-. The fourth-order valence-electron chi connectivity index (χ4n) is 2.19. The Bertz CT molecular complexity index is 874. The van der Waals surface area contributed by atoms with E-state index in [0.29, 0.717) is 22.2 Å². The van der Waals surface area contributed by atoms with Gasteiger partial charge >= 0.3 is 0 Å². The van der Waals surface area contributed by atoms with Crippen LogP contribution < -0.4 is 10.1 Å². The number of carbonyl (C=O) groups is 1. The molecule has 1 amide bonds. The number of para-hydroxylation sites is 3. The highest BCUT2D eigenvalue weighted by atomic mass is 35.5. The predicted molar refractivity (Wildman–Crippen MR) is 102 cm³/mol. The van der Waals surface area contributed by atoms with Crippen LogP contribution in [0.2, 0.25) is 5.02 Å². The quantitative estimate of drug-likeness (QED) is 0.592. The maximum atomic E-state index is 12.2. The average Bonchev–Trinajstić information content (AvgIpc) is 2.64. The second-order valence-corrected chi connectivity index (χ2v) is 5.72. The van der Waals surface area contributed by atoms with Crippen LogP contribution in [0.15, 0.2) is 84.9 Å². The van der Waals surface area contributed by atoms with Gasteiger partial charge in [-0.3, -0.25) is 4.79 Å². The summed E-state index contributed by atoms with van der Waals surface area (Å²) >= 11 is 5.85. The van der Waals surface area contributed by atoms with E-state index in [9.17, 15) is 4.79 Å². The molecule has 0 fully saturated rings. The van der Waals surface area contributed by atoms with Gasteiger partial charge in [-0.2, -0.15) is 0 Å². The van der Waals surface area contributed by atoms with Crippen molar-refractivity contribution in [3.8, 4) is 11.5 Å². The van der Waals surface area contributed by atoms with Gasteiger partial charge in [0.05, 0.1) is 5.69 Å². The van der Waals surface area contributed by atoms with E-state index in [1.165, 1.54) is 6.08 Å². The lowest BCUT2D eigenvalue weighted by Gasteiger charge is -2.11. The van der Waals surface area contributed by atoms with Crippen molar-refractivity contribution in [1.29, 1.82) is 0 Å². The summed E-state index contributed by atoms with van der Waals surface area (Å²) in [4.78, 5) is 12.2. The number of anilines is 1. The molecule has 1 N–H and O–H groups in total. The Morgan fingerprint density at radius 1 is 0.880 bits per heavy atom. The Labute approximate surface area is 151 Å². The van der Waals surface area contributed by atoms with Crippen molar-refractivity contribution in [2.45, 2.75) is 0 Å². The average molecular weight is 350 g/mol. The van der Waals surface area contributed by atoms with Gasteiger partial charge in [-0.15, -0.1) is 0 Å². The fraction of sp³-hybridized carbons (Fsp3) is 0. The van der Waals surface area contributed by atoms with Gasteiger partial charge in [0.15, 0.2) is 5.75 Å². The van der Waals surface area contributed by atoms with Crippen LogP contribution >= 0.6 is 11.6 Å². The Hall–Kier alpha value is -3.04. The van der Waals surface area contributed by atoms with Crippen molar-refractivity contribution in [2.75, 3.05) is 5.32 Å². The molecule has 3 aromatic carbocycles. The molecule has 0 atom stereocenters. The van der Waals surface area contributed by atoms with Crippen LogP contribution in [0.4, 0.5) is 5.69 Å². The van der Waals surface area contributed by atoms with E-state index in [2.05, 4.69) is 5.32 Å². The van der Waals surface area contributed by atoms with E-state index in [0.717, 1.165) is 5.56 Å². The van der Waals surface area contributed by atoms with E-state index in [-0.39, 0.29) is 5.91 Å². The van der Waals surface area contributed by atoms with Gasteiger partial charge < -0.3 is 10.1 Å². The highest BCUT2D eigenvalue weighted by Crippen LogP contribution is 2.29. The summed E-state index contributed by atoms with van der Waals surface area (Å²) in [7, 11) is 0. The first kappa shape index (κ1) is 16.8. The molecule has 0 aromatic heterocycles. The maximum absolute atomic E-state index is 12.2. The van der Waals surface area contributed by atoms with Gasteiger partial charge in [-0.1, -0.05) is 54.1 Å². The van der Waals surface area contributed by atoms with E-state index in [1.807, 2.05) is 60.7 Å². The lowest BCUT2D eigenvalue weighted by Crippen LogP contribution is -2.08. The Morgan fingerprint density at radius 2 is 1.56 bits per heavy atom. The van der Waals surface area contributed by atoms with Crippen molar-refractivity contribution < 1.29 is 9.53 Å². The molecule has 0 heterocycles. The molecular formula is C21H16ClNO2. The summed E-state index contributed by atoms with van der Waals surface area (Å²) < 4.78 is 5.83. The van der Waals surface area contributed by atoms with Gasteiger partial charge in [0.25, 0.3) is 0 Å². The van der Waals surface area contributed by atoms with Gasteiger partial charge in [0, 0.05) is 11.1 Å². The number of hydrogen-bond donors (Lipinski definition) is 1. The second-order valence-electron chi connectivity index (χ2n) is 5.29. The molecule has 4 heteroatoms. The summed E-state index contributed by atoms with van der Waals surface area (Å²) in [6.45, 7) is 0. The van der Waals surface area contributed by atoms with Crippen molar-refractivity contribution in [2.24, 2.45) is 0 Å². The number of amides is 1. The highest BCUT2D eigenvalue weighted by molar-refractivity contribution is 6.30. The summed E-state index contributed by atoms with van der Waals surface area (Å²) in [5.74, 6) is 1.06. The molecule has 0 bridgehead atoms. The highest BCUT2D eigenvalue weighted by Gasteiger charge is 2.06. The van der Waals surface area contributed by atoms with Crippen molar-refractivity contribution in [3.05, 3.63) is 95.5 Å². The van der Waals surface area contributed by atoms with Crippen LogP contribution in [0.25, 0.3) is 6.08 Å². The minimum Gasteiger partial charge on any atom is -0.455 e. The monoisotopic (exact) mass is 349 g/mol. The van der Waals surface area contributed by atoms with Crippen LogP contribution in [-0.2, 0) is 4.79 Å². The second kappa shape index (κ2) is 8.18. The number of nitrogens with one attached hydrogen (secondary N) is 1. The van der Waals surface area contributed by atoms with Crippen LogP contribution in [0.5, 0.6) is 11.5 Å². The van der Waals surface area contributed by atoms with E-state index in [4.69, 9.17) is 16.3 Å². The van der Waals surface area contributed by atoms with Crippen LogP contribution in [0.1, 0.15) is 5.56 Å². The summed E-state index contributed by atoms with van der Waals surface area (Å²) in [5, 5.41) is 3.50. The van der Waals surface area contributed by atoms with Gasteiger partial charge in [-0.05, 0) is 48.0 Å². The molecule has 0 unspecified atom stereocenters. The third kappa shape index (κ3) is 4.96. The Kier molecular flexibility index (Phi) is 5.50. The largest absolute Gasteiger partial charge is 0.455 e. The first-order valence-corrected chi connectivity index (χ1v) is 8.15. The third-order valence-corrected chi connectivity index (χ3v) is 3.67. The number of halogens is 1. The summed E-state index contributed by atoms with van der Waals surface area (Å²) in [6, 6.07) is 24.0. The molecule has 124 valence electrons. The lowest BCUT2D eigenvalue weighted by molar-refractivity contribution is -0.111. The van der Waals surface area contributed by atoms with E-state index >= 15 is 0 Å². The SMILES string of the molecule is O=C(/C=C\c1ccc(Cl)cc1)Nc1ccccc1Oc1ccccc1. The minimum absolute atomic E-state index is 0.237. The molecule has 3 nitrogen and oxygen atoms in total. The summed E-state index contributed by atoms with van der Waals surface area (Å²) in [6.07, 6.45) is 3.20. The Morgan fingerprint density at radius 3 is 2.32 bits per heavy atom. The fourth-order valence-corrected chi connectivity index (χ4v) is 2.32. The first-order chi connectivity index (χ1) is 12.2. The first-order valence-electron chi connectivity index (χ1n) is 7.77. The smallest absolute Gasteiger partial charge is 0.248 e. The number of rotatable bonds is 5. The lowest BCUT2D eigenvalue weighted by atomic mass is 10.2. The molecular weight excluding hydrogens is 334 g/mol. The van der Waals surface area contributed by atoms with Crippen LogP contribution in [0.3, 0.4) is 0 Å². The molecule has 0 saturated heterocycles. The van der Waals surface area contributed by atoms with E-state index in [1.54, 1.807) is 24.3 Å². The minimum atomic E-state index is -0.237. The molecule has 3 rings (SSSR count). The van der Waals surface area contributed by atoms with Crippen LogP contribution in [-0.4, -0.2) is 5.91 Å². The van der Waals surface area contributed by atoms with Gasteiger partial charge in [0.1, 0.15) is 5.75 Å². The van der Waals surface area contributed by atoms with Gasteiger partial charge in [0.2, 0.25) is 5.91 Å². The van der Waals surface area contributed by atoms with Crippen molar-refractivity contribution in [3.63, 3.8) is 0 Å². The predicted octanol–water partition coefficient (Wildman–Crippen LogP) is 5.78. The molecule has 0 aliphatic carbocycles. The van der Waals surface area contributed by atoms with Crippen LogP contribution in [0, 0.1) is 0 Å². The summed E-state index contributed by atoms with van der Waals surface area (Å²) in [5.41, 5.74) is 1.51. The van der Waals surface area contributed by atoms with Gasteiger partial charge in [-0.25, -0.2) is 0 Å². The molecule has 3 aromatic rings. The number of carbonyl (C=O) groups excluding carboxylic acids is 1. The Balaban J connectivity index is 1.70. The van der Waals surface area contributed by atoms with Crippen molar-refractivity contribution >= 4 is 29.3 Å². The number of hydrogen-bond acceptors (Lipinski definition) is 2. The van der Waals surface area contributed by atoms with E-state index < -0.39 is 0 Å². The van der Waals surface area contributed by atoms with Crippen molar-refractivity contribution in [1.82, 2.24) is 0 Å². The molecule has 25 heavy (non-hydrogen) atoms. The number of ether oxygens (including phenoxy) is 1. The zero-order valence-electron chi connectivity index (χ0n) is 13.4. The topological polar surface area (TPSA) is 38.3 Å². The zero-order chi connectivity index (χ0) is 17.5. The normalized spacial score (nSPS) is 10.6. The molecule has 0 radical (unpaired) electrons. The zero-order valence-corrected chi connectivity index (χ0v) is 14.1. The molecule has 0 saturated carbocycles. The number of benzene rings is 3. The molecule has 0 aliphatic heterocycles.